The predicted molar refractivity (Wildman–Crippen MR) is 78.6 cm³/mol. The lowest BCUT2D eigenvalue weighted by Gasteiger charge is -2.17. The van der Waals surface area contributed by atoms with Gasteiger partial charge in [0.15, 0.2) is 0 Å². The first-order valence-corrected chi connectivity index (χ1v) is 7.33. The first kappa shape index (κ1) is 15.0. The van der Waals surface area contributed by atoms with Gasteiger partial charge in [0.2, 0.25) is 0 Å². The van der Waals surface area contributed by atoms with Crippen molar-refractivity contribution in [2.45, 2.75) is 64.9 Å². The maximum absolute atomic E-state index is 5.80. The second kappa shape index (κ2) is 9.95. The van der Waals surface area contributed by atoms with Gasteiger partial charge in [0, 0.05) is 0 Å². The van der Waals surface area contributed by atoms with E-state index in [-0.39, 0.29) is 0 Å². The highest BCUT2D eigenvalue weighted by molar-refractivity contribution is 5.40. The molecule has 0 heterocycles. The SMILES string of the molecule is CCCCCCC(CCC)ONc1ccccc1. The van der Waals surface area contributed by atoms with Crippen LogP contribution in [0, 0.1) is 0 Å². The topological polar surface area (TPSA) is 21.3 Å². The molecule has 0 aliphatic rings. The summed E-state index contributed by atoms with van der Waals surface area (Å²) in [5, 5.41) is 0. The molecule has 0 amide bonds. The molecule has 0 saturated heterocycles. The Hall–Kier alpha value is -1.02. The fourth-order valence-electron chi connectivity index (χ4n) is 2.04. The molecule has 0 bridgehead atoms. The van der Waals surface area contributed by atoms with Gasteiger partial charge in [-0.25, -0.2) is 0 Å². The molecule has 102 valence electrons. The standard InChI is InChI=1S/C16H27NO/c1-3-5-6-10-14-16(11-4-2)18-17-15-12-8-7-9-13-15/h7-9,12-13,16-17H,3-6,10-11,14H2,1-2H3. The molecule has 0 aliphatic carbocycles. The largest absolute Gasteiger partial charge is 0.273 e. The molecule has 1 N–H and O–H groups in total. The van der Waals surface area contributed by atoms with Crippen molar-refractivity contribution in [2.24, 2.45) is 0 Å². The van der Waals surface area contributed by atoms with Gasteiger partial charge in [0.05, 0.1) is 11.8 Å². The van der Waals surface area contributed by atoms with Crippen molar-refractivity contribution in [1.29, 1.82) is 0 Å². The van der Waals surface area contributed by atoms with Gasteiger partial charge in [-0.05, 0) is 25.0 Å². The third-order valence-electron chi connectivity index (χ3n) is 3.11. The summed E-state index contributed by atoms with van der Waals surface area (Å²) in [7, 11) is 0. The number of para-hydroxylation sites is 1. The van der Waals surface area contributed by atoms with Gasteiger partial charge in [0.1, 0.15) is 0 Å². The Bertz CT molecular complexity index is 286. The van der Waals surface area contributed by atoms with E-state index >= 15 is 0 Å². The Morgan fingerprint density at radius 2 is 1.72 bits per heavy atom. The minimum atomic E-state index is 0.340. The summed E-state index contributed by atoms with van der Waals surface area (Å²) in [6, 6.07) is 10.1. The molecule has 18 heavy (non-hydrogen) atoms. The first-order valence-electron chi connectivity index (χ1n) is 7.33. The Kier molecular flexibility index (Phi) is 8.32. The Labute approximate surface area is 112 Å². The Morgan fingerprint density at radius 3 is 2.39 bits per heavy atom. The van der Waals surface area contributed by atoms with E-state index in [9.17, 15) is 0 Å². The van der Waals surface area contributed by atoms with Crippen LogP contribution in [0.15, 0.2) is 30.3 Å². The van der Waals surface area contributed by atoms with Gasteiger partial charge in [-0.3, -0.25) is 10.3 Å². The molecule has 1 aromatic rings. The number of rotatable bonds is 10. The number of hydrogen-bond donors (Lipinski definition) is 1. The number of unbranched alkanes of at least 4 members (excludes halogenated alkanes) is 3. The van der Waals surface area contributed by atoms with Crippen molar-refractivity contribution >= 4 is 5.69 Å². The number of hydrogen-bond acceptors (Lipinski definition) is 2. The van der Waals surface area contributed by atoms with Gasteiger partial charge < -0.3 is 0 Å². The van der Waals surface area contributed by atoms with E-state index in [0.29, 0.717) is 6.10 Å². The zero-order chi connectivity index (χ0) is 13.1. The second-order valence-corrected chi connectivity index (χ2v) is 4.85. The molecular formula is C16H27NO. The predicted octanol–water partition coefficient (Wildman–Crippen LogP) is 5.17. The van der Waals surface area contributed by atoms with Gasteiger partial charge in [0.25, 0.3) is 0 Å². The van der Waals surface area contributed by atoms with E-state index in [2.05, 4.69) is 19.3 Å². The fourth-order valence-corrected chi connectivity index (χ4v) is 2.04. The lowest BCUT2D eigenvalue weighted by atomic mass is 10.1. The molecule has 1 unspecified atom stereocenters. The van der Waals surface area contributed by atoms with Gasteiger partial charge in [-0.15, -0.1) is 0 Å². The minimum absolute atomic E-state index is 0.340. The van der Waals surface area contributed by atoms with Crippen molar-refractivity contribution in [3.63, 3.8) is 0 Å². The summed E-state index contributed by atoms with van der Waals surface area (Å²) < 4.78 is 0. The Morgan fingerprint density at radius 1 is 0.944 bits per heavy atom. The molecule has 1 atom stereocenters. The van der Waals surface area contributed by atoms with E-state index in [4.69, 9.17) is 4.84 Å². The van der Waals surface area contributed by atoms with Crippen LogP contribution in [0.1, 0.15) is 58.8 Å². The smallest absolute Gasteiger partial charge is 0.0853 e. The second-order valence-electron chi connectivity index (χ2n) is 4.85. The molecule has 2 nitrogen and oxygen atoms in total. The zero-order valence-electron chi connectivity index (χ0n) is 11.8. The van der Waals surface area contributed by atoms with Crippen LogP contribution in [-0.2, 0) is 4.84 Å². The Balaban J connectivity index is 2.24. The first-order chi connectivity index (χ1) is 8.86. The molecule has 0 fully saturated rings. The maximum atomic E-state index is 5.80. The monoisotopic (exact) mass is 249 g/mol. The van der Waals surface area contributed by atoms with Gasteiger partial charge >= 0.3 is 0 Å². The number of nitrogens with one attached hydrogen (secondary N) is 1. The molecule has 0 spiro atoms. The van der Waals surface area contributed by atoms with Crippen LogP contribution >= 0.6 is 0 Å². The van der Waals surface area contributed by atoms with Gasteiger partial charge in [-0.1, -0.05) is 64.2 Å². The van der Waals surface area contributed by atoms with Crippen molar-refractivity contribution < 1.29 is 4.84 Å². The highest BCUT2D eigenvalue weighted by atomic mass is 16.7. The minimum Gasteiger partial charge on any atom is -0.273 e. The van der Waals surface area contributed by atoms with Crippen molar-refractivity contribution in [1.82, 2.24) is 0 Å². The molecule has 0 radical (unpaired) electrons. The van der Waals surface area contributed by atoms with Crippen LogP contribution in [0.3, 0.4) is 0 Å². The van der Waals surface area contributed by atoms with Gasteiger partial charge in [-0.2, -0.15) is 0 Å². The summed E-state index contributed by atoms with van der Waals surface area (Å²) in [4.78, 5) is 5.80. The van der Waals surface area contributed by atoms with E-state index in [1.54, 1.807) is 0 Å². The summed E-state index contributed by atoms with van der Waals surface area (Å²) in [5.74, 6) is 0. The fraction of sp³-hybridized carbons (Fsp3) is 0.625. The van der Waals surface area contributed by atoms with Crippen LogP contribution in [0.4, 0.5) is 5.69 Å². The summed E-state index contributed by atoms with van der Waals surface area (Å²) in [5.41, 5.74) is 4.10. The highest BCUT2D eigenvalue weighted by Gasteiger charge is 2.08. The zero-order valence-corrected chi connectivity index (χ0v) is 11.8. The summed E-state index contributed by atoms with van der Waals surface area (Å²) in [6.45, 7) is 4.46. The van der Waals surface area contributed by atoms with E-state index < -0.39 is 0 Å². The van der Waals surface area contributed by atoms with E-state index in [0.717, 1.165) is 18.5 Å². The molecule has 1 aromatic carbocycles. The lowest BCUT2D eigenvalue weighted by molar-refractivity contribution is 0.0823. The average Bonchev–Trinajstić information content (AvgIpc) is 2.42. The van der Waals surface area contributed by atoms with Crippen LogP contribution in [0.25, 0.3) is 0 Å². The van der Waals surface area contributed by atoms with Crippen LogP contribution in [0.2, 0.25) is 0 Å². The maximum Gasteiger partial charge on any atom is 0.0853 e. The van der Waals surface area contributed by atoms with Crippen molar-refractivity contribution in [2.75, 3.05) is 5.48 Å². The van der Waals surface area contributed by atoms with E-state index in [1.165, 1.54) is 32.1 Å². The number of anilines is 1. The lowest BCUT2D eigenvalue weighted by Crippen LogP contribution is -2.17. The van der Waals surface area contributed by atoms with Crippen molar-refractivity contribution in [3.05, 3.63) is 30.3 Å². The summed E-state index contributed by atoms with van der Waals surface area (Å²) >= 11 is 0. The summed E-state index contributed by atoms with van der Waals surface area (Å²) in [6.07, 6.45) is 9.04. The van der Waals surface area contributed by atoms with Crippen LogP contribution < -0.4 is 5.48 Å². The van der Waals surface area contributed by atoms with E-state index in [1.807, 2.05) is 30.3 Å². The third kappa shape index (κ3) is 6.65. The molecule has 2 heteroatoms. The molecule has 0 aliphatic heterocycles. The molecule has 0 aromatic heterocycles. The molecule has 1 rings (SSSR count). The van der Waals surface area contributed by atoms with Crippen molar-refractivity contribution in [3.8, 4) is 0 Å². The average molecular weight is 249 g/mol. The third-order valence-corrected chi connectivity index (χ3v) is 3.11. The van der Waals surface area contributed by atoms with Crippen LogP contribution in [0.5, 0.6) is 0 Å². The quantitative estimate of drug-likeness (QED) is 0.456. The van der Waals surface area contributed by atoms with Crippen LogP contribution in [-0.4, -0.2) is 6.10 Å². The molecule has 0 saturated carbocycles. The molecular weight excluding hydrogens is 222 g/mol. The normalized spacial score (nSPS) is 12.3. The highest BCUT2D eigenvalue weighted by Crippen LogP contribution is 2.14. The number of benzene rings is 1.